The first-order chi connectivity index (χ1) is 15.0. The number of H-pyrrole nitrogens is 1. The van der Waals surface area contributed by atoms with Crippen LogP contribution in [0.2, 0.25) is 0 Å². The van der Waals surface area contributed by atoms with Gasteiger partial charge in [0.2, 0.25) is 0 Å². The molecule has 0 bridgehead atoms. The van der Waals surface area contributed by atoms with E-state index in [0.29, 0.717) is 41.1 Å². The maximum absolute atomic E-state index is 13.0. The first kappa shape index (κ1) is 20.5. The Hall–Kier alpha value is -3.80. The van der Waals surface area contributed by atoms with Crippen molar-refractivity contribution >= 4 is 22.6 Å². The zero-order chi connectivity index (χ0) is 21.8. The van der Waals surface area contributed by atoms with E-state index in [1.807, 2.05) is 48.5 Å². The van der Waals surface area contributed by atoms with Gasteiger partial charge in [0.1, 0.15) is 5.82 Å². The molecule has 4 aromatic rings. The van der Waals surface area contributed by atoms with E-state index in [1.54, 1.807) is 25.3 Å². The van der Waals surface area contributed by atoms with Crippen molar-refractivity contribution in [2.75, 3.05) is 19.0 Å². The fraction of sp³-hybridized carbons (Fsp3) is 0.200. The molecule has 2 N–H and O–H groups in total. The first-order valence-electron chi connectivity index (χ1n) is 10.2. The number of benzene rings is 3. The molecule has 0 fully saturated rings. The number of anilines is 1. The number of methoxy groups -OCH3 is 1. The van der Waals surface area contributed by atoms with E-state index in [9.17, 15) is 4.79 Å². The number of ether oxygens (including phenoxy) is 2. The summed E-state index contributed by atoms with van der Waals surface area (Å²) in [5.74, 6) is 2.00. The number of aromatic amines is 1. The average molecular weight is 415 g/mol. The SMILES string of the molecule is COc1cc(C(=O)Nc2ccccc2-c2nc3ccccc3[nH]2)ccc1OCC(C)C. The Kier molecular flexibility index (Phi) is 5.89. The summed E-state index contributed by atoms with van der Waals surface area (Å²) >= 11 is 0. The molecule has 31 heavy (non-hydrogen) atoms. The molecular weight excluding hydrogens is 390 g/mol. The predicted octanol–water partition coefficient (Wildman–Crippen LogP) is 5.53. The molecule has 0 aliphatic carbocycles. The van der Waals surface area contributed by atoms with Crippen LogP contribution in [0.25, 0.3) is 22.4 Å². The lowest BCUT2D eigenvalue weighted by Gasteiger charge is -2.14. The molecule has 6 heteroatoms. The highest BCUT2D eigenvalue weighted by molar-refractivity contribution is 6.06. The number of amides is 1. The summed E-state index contributed by atoms with van der Waals surface area (Å²) in [6.07, 6.45) is 0. The van der Waals surface area contributed by atoms with E-state index in [1.165, 1.54) is 0 Å². The van der Waals surface area contributed by atoms with Gasteiger partial charge in [-0.1, -0.05) is 38.1 Å². The Morgan fingerprint density at radius 3 is 2.58 bits per heavy atom. The van der Waals surface area contributed by atoms with E-state index >= 15 is 0 Å². The number of para-hydroxylation sites is 3. The highest BCUT2D eigenvalue weighted by Crippen LogP contribution is 2.31. The summed E-state index contributed by atoms with van der Waals surface area (Å²) in [7, 11) is 1.57. The van der Waals surface area contributed by atoms with E-state index in [2.05, 4.69) is 29.1 Å². The lowest BCUT2D eigenvalue weighted by molar-refractivity contribution is 0.102. The van der Waals surface area contributed by atoms with Crippen LogP contribution in [-0.4, -0.2) is 29.6 Å². The summed E-state index contributed by atoms with van der Waals surface area (Å²) in [5, 5.41) is 3.00. The summed E-state index contributed by atoms with van der Waals surface area (Å²) in [6.45, 7) is 4.73. The normalized spacial score (nSPS) is 11.0. The molecule has 0 atom stereocenters. The quantitative estimate of drug-likeness (QED) is 0.416. The maximum Gasteiger partial charge on any atom is 0.255 e. The molecule has 0 spiro atoms. The second kappa shape index (κ2) is 8.92. The number of aromatic nitrogens is 2. The summed E-state index contributed by atoms with van der Waals surface area (Å²) < 4.78 is 11.2. The fourth-order valence-corrected chi connectivity index (χ4v) is 3.26. The molecule has 158 valence electrons. The van der Waals surface area contributed by atoms with Crippen LogP contribution in [0.3, 0.4) is 0 Å². The second-order valence-corrected chi connectivity index (χ2v) is 7.67. The van der Waals surface area contributed by atoms with E-state index in [0.717, 1.165) is 16.6 Å². The molecule has 1 aromatic heterocycles. The van der Waals surface area contributed by atoms with Crippen molar-refractivity contribution in [3.05, 3.63) is 72.3 Å². The zero-order valence-corrected chi connectivity index (χ0v) is 17.8. The lowest BCUT2D eigenvalue weighted by atomic mass is 10.1. The molecule has 1 heterocycles. The predicted molar refractivity (Wildman–Crippen MR) is 123 cm³/mol. The smallest absolute Gasteiger partial charge is 0.255 e. The Labute approximate surface area is 181 Å². The molecule has 0 saturated heterocycles. The number of hydrogen-bond donors (Lipinski definition) is 2. The van der Waals surface area contributed by atoms with Crippen LogP contribution in [0.15, 0.2) is 66.7 Å². The molecule has 0 saturated carbocycles. The van der Waals surface area contributed by atoms with Gasteiger partial charge in [-0.2, -0.15) is 0 Å². The third kappa shape index (κ3) is 4.53. The van der Waals surface area contributed by atoms with Gasteiger partial charge in [-0.25, -0.2) is 4.98 Å². The number of imidazole rings is 1. The number of carbonyl (C=O) groups is 1. The van der Waals surface area contributed by atoms with E-state index in [-0.39, 0.29) is 5.91 Å². The number of fused-ring (bicyclic) bond motifs is 1. The van der Waals surface area contributed by atoms with Crippen molar-refractivity contribution in [2.24, 2.45) is 5.92 Å². The standard InChI is InChI=1S/C25H25N3O3/c1-16(2)15-31-22-13-12-17(14-23(22)30-3)25(29)28-19-9-5-4-8-18(19)24-26-20-10-6-7-11-21(20)27-24/h4-14,16H,15H2,1-3H3,(H,26,27)(H,28,29). The van der Waals surface area contributed by atoms with Crippen molar-refractivity contribution in [3.63, 3.8) is 0 Å². The Morgan fingerprint density at radius 2 is 1.81 bits per heavy atom. The Bertz CT molecular complexity index is 1180. The van der Waals surface area contributed by atoms with Crippen molar-refractivity contribution in [2.45, 2.75) is 13.8 Å². The minimum Gasteiger partial charge on any atom is -0.493 e. The highest BCUT2D eigenvalue weighted by Gasteiger charge is 2.15. The summed E-state index contributed by atoms with van der Waals surface area (Å²) in [6, 6.07) is 20.6. The monoisotopic (exact) mass is 415 g/mol. The molecule has 1 amide bonds. The number of rotatable bonds is 7. The van der Waals surface area contributed by atoms with E-state index in [4.69, 9.17) is 9.47 Å². The maximum atomic E-state index is 13.0. The minimum absolute atomic E-state index is 0.239. The van der Waals surface area contributed by atoms with Crippen LogP contribution in [-0.2, 0) is 0 Å². The topological polar surface area (TPSA) is 76.2 Å². The van der Waals surface area contributed by atoms with Gasteiger partial charge >= 0.3 is 0 Å². The van der Waals surface area contributed by atoms with Crippen molar-refractivity contribution in [1.82, 2.24) is 9.97 Å². The van der Waals surface area contributed by atoms with Crippen LogP contribution in [0.1, 0.15) is 24.2 Å². The molecule has 0 radical (unpaired) electrons. The van der Waals surface area contributed by atoms with Crippen molar-refractivity contribution in [1.29, 1.82) is 0 Å². The van der Waals surface area contributed by atoms with Crippen molar-refractivity contribution in [3.8, 4) is 22.9 Å². The van der Waals surface area contributed by atoms with Gasteiger partial charge in [0.15, 0.2) is 11.5 Å². The van der Waals surface area contributed by atoms with Crippen LogP contribution in [0.4, 0.5) is 5.69 Å². The van der Waals surface area contributed by atoms with Gasteiger partial charge in [-0.05, 0) is 48.4 Å². The third-order valence-electron chi connectivity index (χ3n) is 4.82. The molecule has 4 rings (SSSR count). The van der Waals surface area contributed by atoms with Crippen molar-refractivity contribution < 1.29 is 14.3 Å². The van der Waals surface area contributed by atoms with Gasteiger partial charge in [-0.3, -0.25) is 4.79 Å². The Morgan fingerprint density at radius 1 is 1.03 bits per heavy atom. The largest absolute Gasteiger partial charge is 0.493 e. The zero-order valence-electron chi connectivity index (χ0n) is 17.8. The number of nitrogens with one attached hydrogen (secondary N) is 2. The van der Waals surface area contributed by atoms with Crippen LogP contribution in [0, 0.1) is 5.92 Å². The first-order valence-corrected chi connectivity index (χ1v) is 10.2. The molecule has 0 aliphatic heterocycles. The van der Waals surface area contributed by atoms with E-state index < -0.39 is 0 Å². The summed E-state index contributed by atoms with van der Waals surface area (Å²) in [5.41, 5.74) is 3.79. The third-order valence-corrected chi connectivity index (χ3v) is 4.82. The summed E-state index contributed by atoms with van der Waals surface area (Å²) in [4.78, 5) is 20.9. The molecule has 3 aromatic carbocycles. The van der Waals surface area contributed by atoms with Gasteiger partial charge in [-0.15, -0.1) is 0 Å². The van der Waals surface area contributed by atoms with Gasteiger partial charge in [0, 0.05) is 11.1 Å². The second-order valence-electron chi connectivity index (χ2n) is 7.67. The number of carbonyl (C=O) groups excluding carboxylic acids is 1. The number of nitrogens with zero attached hydrogens (tertiary/aromatic N) is 1. The Balaban J connectivity index is 1.59. The average Bonchev–Trinajstić information content (AvgIpc) is 3.22. The molecule has 6 nitrogen and oxygen atoms in total. The van der Waals surface area contributed by atoms with Gasteiger partial charge < -0.3 is 19.8 Å². The van der Waals surface area contributed by atoms with Crippen LogP contribution < -0.4 is 14.8 Å². The minimum atomic E-state index is -0.239. The van der Waals surface area contributed by atoms with Crippen LogP contribution >= 0.6 is 0 Å². The van der Waals surface area contributed by atoms with Gasteiger partial charge in [0.25, 0.3) is 5.91 Å². The van der Waals surface area contributed by atoms with Crippen LogP contribution in [0.5, 0.6) is 11.5 Å². The number of hydrogen-bond acceptors (Lipinski definition) is 4. The molecule has 0 aliphatic rings. The molecular formula is C25H25N3O3. The van der Waals surface area contributed by atoms with Gasteiger partial charge in [0.05, 0.1) is 30.4 Å². The molecule has 0 unspecified atom stereocenters. The fourth-order valence-electron chi connectivity index (χ4n) is 3.26. The lowest BCUT2D eigenvalue weighted by Crippen LogP contribution is -2.13. The highest BCUT2D eigenvalue weighted by atomic mass is 16.5.